The van der Waals surface area contributed by atoms with Crippen LogP contribution in [0.25, 0.3) is 0 Å². The van der Waals surface area contributed by atoms with E-state index in [9.17, 15) is 18.0 Å². The van der Waals surface area contributed by atoms with Crippen LogP contribution in [-0.2, 0) is 6.18 Å². The second kappa shape index (κ2) is 3.71. The summed E-state index contributed by atoms with van der Waals surface area (Å²) in [5, 5.41) is 8.47. The Kier molecular flexibility index (Phi) is 2.98. The number of rotatable bonds is 1. The number of carboxylic acids is 1. The summed E-state index contributed by atoms with van der Waals surface area (Å²) in [5.74, 6) is -1.48. The molecule has 1 N–H and O–H groups in total. The Balaban J connectivity index is 3.28. The van der Waals surface area contributed by atoms with Gasteiger partial charge >= 0.3 is 12.1 Å². The van der Waals surface area contributed by atoms with Crippen LogP contribution in [0.2, 0.25) is 0 Å². The molecule has 76 valence electrons. The molecule has 1 rings (SSSR count). The van der Waals surface area contributed by atoms with E-state index in [0.29, 0.717) is 0 Å². The zero-order valence-electron chi connectivity index (χ0n) is 6.47. The van der Waals surface area contributed by atoms with Crippen LogP contribution in [-0.4, -0.2) is 16.1 Å². The molecule has 7 heteroatoms. The first-order chi connectivity index (χ1) is 6.30. The van der Waals surface area contributed by atoms with E-state index >= 15 is 0 Å². The number of aromatic nitrogens is 1. The number of carboxylic acid groups (broad SMARTS) is 1. The normalized spacial score (nSPS) is 11.4. The van der Waals surface area contributed by atoms with E-state index in [1.54, 1.807) is 22.6 Å². The van der Waals surface area contributed by atoms with Crippen molar-refractivity contribution in [2.45, 2.75) is 6.18 Å². The Hall–Kier alpha value is -0.860. The summed E-state index contributed by atoms with van der Waals surface area (Å²) in [6.45, 7) is 0. The van der Waals surface area contributed by atoms with E-state index in [1.165, 1.54) is 0 Å². The Bertz CT molecular complexity index is 378. The number of halogens is 4. The fourth-order valence-electron chi connectivity index (χ4n) is 0.752. The predicted octanol–water partition coefficient (Wildman–Crippen LogP) is 2.40. The lowest BCUT2D eigenvalue weighted by atomic mass is 10.3. The van der Waals surface area contributed by atoms with Crippen molar-refractivity contribution in [3.8, 4) is 0 Å². The molecule has 0 saturated heterocycles. The van der Waals surface area contributed by atoms with Gasteiger partial charge in [0.15, 0.2) is 0 Å². The molecule has 0 aliphatic rings. The van der Waals surface area contributed by atoms with Crippen molar-refractivity contribution in [2.24, 2.45) is 0 Å². The van der Waals surface area contributed by atoms with E-state index in [0.717, 1.165) is 12.1 Å². The Morgan fingerprint density at radius 2 is 2.00 bits per heavy atom. The van der Waals surface area contributed by atoms with E-state index in [4.69, 9.17) is 5.11 Å². The Morgan fingerprint density at radius 3 is 2.43 bits per heavy atom. The third-order valence-electron chi connectivity index (χ3n) is 1.30. The average Bonchev–Trinajstić information content (AvgIpc) is 2.01. The number of pyridine rings is 1. The maximum atomic E-state index is 12.2. The molecule has 1 heterocycles. The Labute approximate surface area is 90.1 Å². The minimum Gasteiger partial charge on any atom is -0.477 e. The van der Waals surface area contributed by atoms with Crippen molar-refractivity contribution in [1.82, 2.24) is 4.98 Å². The SMILES string of the molecule is O=C(O)c1cc(I)cc(C(F)(F)F)n1. The first kappa shape index (κ1) is 11.2. The number of carbonyl (C=O) groups is 1. The van der Waals surface area contributed by atoms with Crippen molar-refractivity contribution in [3.63, 3.8) is 0 Å². The maximum Gasteiger partial charge on any atom is 0.433 e. The molecule has 0 amide bonds. The highest BCUT2D eigenvalue weighted by Gasteiger charge is 2.33. The number of hydrogen-bond donors (Lipinski definition) is 1. The van der Waals surface area contributed by atoms with Crippen LogP contribution in [0.4, 0.5) is 13.2 Å². The van der Waals surface area contributed by atoms with Crippen molar-refractivity contribution >= 4 is 28.6 Å². The molecule has 0 radical (unpaired) electrons. The summed E-state index contributed by atoms with van der Waals surface area (Å²) in [4.78, 5) is 13.4. The van der Waals surface area contributed by atoms with E-state index in [2.05, 4.69) is 4.98 Å². The van der Waals surface area contributed by atoms with Crippen LogP contribution < -0.4 is 0 Å². The van der Waals surface area contributed by atoms with Gasteiger partial charge in [0.1, 0.15) is 11.4 Å². The number of hydrogen-bond acceptors (Lipinski definition) is 2. The third kappa shape index (κ3) is 2.56. The second-order valence-electron chi connectivity index (χ2n) is 2.36. The topological polar surface area (TPSA) is 50.2 Å². The summed E-state index contributed by atoms with van der Waals surface area (Å²) in [6.07, 6.45) is -4.62. The number of nitrogens with zero attached hydrogens (tertiary/aromatic N) is 1. The molecular weight excluding hydrogens is 314 g/mol. The Morgan fingerprint density at radius 1 is 1.43 bits per heavy atom. The van der Waals surface area contributed by atoms with Crippen molar-refractivity contribution in [2.75, 3.05) is 0 Å². The van der Waals surface area contributed by atoms with E-state index < -0.39 is 23.5 Å². The number of alkyl halides is 3. The van der Waals surface area contributed by atoms with Gasteiger partial charge in [-0.2, -0.15) is 13.2 Å². The van der Waals surface area contributed by atoms with Crippen LogP contribution in [0.15, 0.2) is 12.1 Å². The lowest BCUT2D eigenvalue weighted by Crippen LogP contribution is -2.12. The molecular formula is C7H3F3INO2. The molecule has 0 bridgehead atoms. The molecule has 0 aliphatic carbocycles. The molecule has 14 heavy (non-hydrogen) atoms. The molecule has 0 unspecified atom stereocenters. The third-order valence-corrected chi connectivity index (χ3v) is 1.92. The maximum absolute atomic E-state index is 12.2. The standard InChI is InChI=1S/C7H3F3INO2/c8-7(9,10)5-2-3(11)1-4(12-5)6(13)14/h1-2H,(H,13,14). The zero-order chi connectivity index (χ0) is 10.9. The fraction of sp³-hybridized carbons (Fsp3) is 0.143. The molecule has 0 aliphatic heterocycles. The molecule has 0 spiro atoms. The van der Waals surface area contributed by atoms with Gasteiger partial charge in [0.2, 0.25) is 0 Å². The first-order valence-electron chi connectivity index (χ1n) is 3.29. The van der Waals surface area contributed by atoms with Crippen LogP contribution in [0.1, 0.15) is 16.2 Å². The van der Waals surface area contributed by atoms with Crippen molar-refractivity contribution < 1.29 is 23.1 Å². The molecule has 0 saturated carbocycles. The molecule has 1 aromatic rings. The van der Waals surface area contributed by atoms with Gasteiger partial charge in [0, 0.05) is 3.57 Å². The van der Waals surface area contributed by atoms with Gasteiger partial charge in [0.25, 0.3) is 0 Å². The lowest BCUT2D eigenvalue weighted by Gasteiger charge is -2.06. The monoisotopic (exact) mass is 317 g/mol. The van der Waals surface area contributed by atoms with Gasteiger partial charge in [0.05, 0.1) is 0 Å². The van der Waals surface area contributed by atoms with Gasteiger partial charge in [-0.1, -0.05) is 0 Å². The summed E-state index contributed by atoms with van der Waals surface area (Å²) >= 11 is 1.60. The van der Waals surface area contributed by atoms with Crippen LogP contribution in [0.5, 0.6) is 0 Å². The average molecular weight is 317 g/mol. The largest absolute Gasteiger partial charge is 0.477 e. The van der Waals surface area contributed by atoms with Gasteiger partial charge in [-0.15, -0.1) is 0 Å². The van der Waals surface area contributed by atoms with Gasteiger partial charge in [-0.3, -0.25) is 0 Å². The van der Waals surface area contributed by atoms with Crippen LogP contribution >= 0.6 is 22.6 Å². The highest BCUT2D eigenvalue weighted by atomic mass is 127. The smallest absolute Gasteiger partial charge is 0.433 e. The molecule has 3 nitrogen and oxygen atoms in total. The van der Waals surface area contributed by atoms with Gasteiger partial charge in [-0.25, -0.2) is 9.78 Å². The van der Waals surface area contributed by atoms with Gasteiger partial charge < -0.3 is 5.11 Å². The minimum absolute atomic E-state index is 0.183. The van der Waals surface area contributed by atoms with Crippen LogP contribution in [0, 0.1) is 3.57 Å². The molecule has 0 aromatic carbocycles. The number of aromatic carboxylic acids is 1. The summed E-state index contributed by atoms with van der Waals surface area (Å²) in [6, 6.07) is 1.85. The summed E-state index contributed by atoms with van der Waals surface area (Å²) in [7, 11) is 0. The fourth-order valence-corrected chi connectivity index (χ4v) is 1.34. The second-order valence-corrected chi connectivity index (χ2v) is 3.60. The minimum atomic E-state index is -4.62. The first-order valence-corrected chi connectivity index (χ1v) is 4.36. The van der Waals surface area contributed by atoms with Crippen LogP contribution in [0.3, 0.4) is 0 Å². The van der Waals surface area contributed by atoms with Crippen molar-refractivity contribution in [1.29, 1.82) is 0 Å². The zero-order valence-corrected chi connectivity index (χ0v) is 8.63. The predicted molar refractivity (Wildman–Crippen MR) is 48.9 cm³/mol. The molecule has 0 atom stereocenters. The molecule has 1 aromatic heterocycles. The summed E-state index contributed by atoms with van der Waals surface area (Å²) < 4.78 is 36.6. The van der Waals surface area contributed by atoms with E-state index in [-0.39, 0.29) is 3.57 Å². The van der Waals surface area contributed by atoms with Crippen molar-refractivity contribution in [3.05, 3.63) is 27.1 Å². The molecule has 0 fully saturated rings. The van der Waals surface area contributed by atoms with E-state index in [1.807, 2.05) is 0 Å². The highest BCUT2D eigenvalue weighted by molar-refractivity contribution is 14.1. The van der Waals surface area contributed by atoms with Gasteiger partial charge in [-0.05, 0) is 34.7 Å². The quantitative estimate of drug-likeness (QED) is 0.809. The summed E-state index contributed by atoms with van der Waals surface area (Å²) in [5.41, 5.74) is -1.80. The highest BCUT2D eigenvalue weighted by Crippen LogP contribution is 2.28. The lowest BCUT2D eigenvalue weighted by molar-refractivity contribution is -0.141.